The predicted molar refractivity (Wildman–Crippen MR) is 139 cm³/mol. The fourth-order valence-electron chi connectivity index (χ4n) is 4.97. The summed E-state index contributed by atoms with van der Waals surface area (Å²) in [5.41, 5.74) is 10.5. The van der Waals surface area contributed by atoms with Gasteiger partial charge in [0.2, 0.25) is 0 Å². The molecule has 2 aliphatic rings. The van der Waals surface area contributed by atoms with Crippen molar-refractivity contribution in [1.82, 2.24) is 15.0 Å². The Balaban J connectivity index is 1.39. The Kier molecular flexibility index (Phi) is 7.59. The number of hydrogen-bond donors (Lipinski definition) is 2. The Morgan fingerprint density at radius 1 is 1.14 bits per heavy atom. The molecule has 8 heteroatoms. The van der Waals surface area contributed by atoms with E-state index >= 15 is 0 Å². The molecule has 0 amide bonds. The summed E-state index contributed by atoms with van der Waals surface area (Å²) in [6.07, 6.45) is 6.95. The summed E-state index contributed by atoms with van der Waals surface area (Å²) in [5, 5.41) is 3.25. The zero-order valence-electron chi connectivity index (χ0n) is 21.9. The summed E-state index contributed by atoms with van der Waals surface area (Å²) in [4.78, 5) is 29.0. The second-order valence-corrected chi connectivity index (χ2v) is 10.9. The van der Waals surface area contributed by atoms with Crippen LogP contribution in [0.15, 0.2) is 12.1 Å². The maximum Gasteiger partial charge on any atom is 0.325 e. The second-order valence-electron chi connectivity index (χ2n) is 10.9. The van der Waals surface area contributed by atoms with Crippen LogP contribution < -0.4 is 16.0 Å². The number of nitrogens with two attached hydrogens (primary N) is 1. The molecule has 3 N–H and O–H groups in total. The SMILES string of the molecule is Cc1nc(NC[C@H](N)C(=O)OC(C)(C)C)c(C)c(N2CCC(c3ccc4c(n3)CCCC4)CC2)n1. The van der Waals surface area contributed by atoms with Crippen LogP contribution in [0.5, 0.6) is 0 Å². The first kappa shape index (κ1) is 25.4. The van der Waals surface area contributed by atoms with E-state index in [1.807, 2.05) is 34.6 Å². The van der Waals surface area contributed by atoms with Gasteiger partial charge in [-0.2, -0.15) is 0 Å². The monoisotopic (exact) mass is 480 g/mol. The Morgan fingerprint density at radius 3 is 2.57 bits per heavy atom. The zero-order valence-corrected chi connectivity index (χ0v) is 21.9. The molecule has 1 atom stereocenters. The number of nitrogens with one attached hydrogen (secondary N) is 1. The number of pyridine rings is 1. The van der Waals surface area contributed by atoms with Crippen molar-refractivity contribution in [2.75, 3.05) is 29.9 Å². The standard InChI is InChI=1S/C27H40N6O2/c1-17-24(29-16-21(28)26(34)35-27(3,4)5)30-18(2)31-25(17)33-14-12-20(13-15-33)23-11-10-19-8-6-7-9-22(19)32-23/h10-11,20-21H,6-9,12-16,28H2,1-5H3,(H,29,30,31)/t21-/m0/s1. The molecular weight excluding hydrogens is 440 g/mol. The van der Waals surface area contributed by atoms with Gasteiger partial charge in [-0.15, -0.1) is 0 Å². The van der Waals surface area contributed by atoms with E-state index in [-0.39, 0.29) is 6.54 Å². The molecule has 4 rings (SSSR count). The number of piperidine rings is 1. The average molecular weight is 481 g/mol. The third kappa shape index (κ3) is 6.28. The third-order valence-corrected chi connectivity index (χ3v) is 6.84. The highest BCUT2D eigenvalue weighted by molar-refractivity contribution is 5.76. The molecule has 0 aromatic carbocycles. The number of hydrogen-bond acceptors (Lipinski definition) is 8. The van der Waals surface area contributed by atoms with Crippen LogP contribution in [-0.4, -0.2) is 52.2 Å². The van der Waals surface area contributed by atoms with Crippen LogP contribution in [0.25, 0.3) is 0 Å². The Morgan fingerprint density at radius 2 is 1.86 bits per heavy atom. The molecule has 35 heavy (non-hydrogen) atoms. The van der Waals surface area contributed by atoms with Gasteiger partial charge in [-0.1, -0.05) is 6.07 Å². The van der Waals surface area contributed by atoms with Crippen LogP contribution in [0.3, 0.4) is 0 Å². The van der Waals surface area contributed by atoms with Gasteiger partial charge in [-0.3, -0.25) is 9.78 Å². The smallest absolute Gasteiger partial charge is 0.325 e. The quantitative estimate of drug-likeness (QED) is 0.601. The molecule has 190 valence electrons. The van der Waals surface area contributed by atoms with Gasteiger partial charge in [0, 0.05) is 42.5 Å². The molecule has 8 nitrogen and oxygen atoms in total. The first-order chi connectivity index (χ1) is 16.6. The highest BCUT2D eigenvalue weighted by Crippen LogP contribution is 2.33. The first-order valence-corrected chi connectivity index (χ1v) is 12.9. The van der Waals surface area contributed by atoms with Crippen LogP contribution in [-0.2, 0) is 22.4 Å². The molecule has 0 spiro atoms. The number of ether oxygens (including phenoxy) is 1. The number of rotatable bonds is 6. The fourth-order valence-corrected chi connectivity index (χ4v) is 4.97. The van der Waals surface area contributed by atoms with Crippen LogP contribution in [0, 0.1) is 13.8 Å². The number of aromatic nitrogens is 3. The van der Waals surface area contributed by atoms with E-state index in [4.69, 9.17) is 20.4 Å². The van der Waals surface area contributed by atoms with Gasteiger partial charge in [0.05, 0.1) is 0 Å². The lowest BCUT2D eigenvalue weighted by Crippen LogP contribution is -2.42. The molecule has 2 aromatic heterocycles. The van der Waals surface area contributed by atoms with Crippen molar-refractivity contribution in [2.24, 2.45) is 5.73 Å². The molecule has 0 saturated carbocycles. The van der Waals surface area contributed by atoms with Crippen molar-refractivity contribution >= 4 is 17.6 Å². The predicted octanol–water partition coefficient (Wildman–Crippen LogP) is 3.83. The minimum absolute atomic E-state index is 0.248. The molecule has 1 saturated heterocycles. The van der Waals surface area contributed by atoms with E-state index in [9.17, 15) is 4.79 Å². The highest BCUT2D eigenvalue weighted by Gasteiger charge is 2.26. The molecule has 0 radical (unpaired) electrons. The number of carbonyl (C=O) groups is 1. The van der Waals surface area contributed by atoms with Gasteiger partial charge in [-0.25, -0.2) is 9.97 Å². The van der Waals surface area contributed by atoms with Gasteiger partial charge in [0.25, 0.3) is 0 Å². The van der Waals surface area contributed by atoms with E-state index in [0.717, 1.165) is 43.7 Å². The molecule has 1 aliphatic heterocycles. The lowest BCUT2D eigenvalue weighted by atomic mass is 9.90. The zero-order chi connectivity index (χ0) is 25.2. The topological polar surface area (TPSA) is 106 Å². The molecule has 1 fully saturated rings. The minimum atomic E-state index is -0.771. The maximum absolute atomic E-state index is 12.2. The Bertz CT molecular complexity index is 1060. The number of esters is 1. The Hall–Kier alpha value is -2.74. The summed E-state index contributed by atoms with van der Waals surface area (Å²) in [5.74, 6) is 2.42. The molecule has 0 unspecified atom stereocenters. The fraction of sp³-hybridized carbons (Fsp3) is 0.630. The number of fused-ring (bicyclic) bond motifs is 1. The summed E-state index contributed by atoms with van der Waals surface area (Å²) < 4.78 is 5.39. The van der Waals surface area contributed by atoms with Crippen LogP contribution in [0.4, 0.5) is 11.6 Å². The van der Waals surface area contributed by atoms with Crippen molar-refractivity contribution < 1.29 is 9.53 Å². The molecular formula is C27H40N6O2. The summed E-state index contributed by atoms with van der Waals surface area (Å²) >= 11 is 0. The van der Waals surface area contributed by atoms with Crippen molar-refractivity contribution in [1.29, 1.82) is 0 Å². The third-order valence-electron chi connectivity index (χ3n) is 6.84. The average Bonchev–Trinajstić information content (AvgIpc) is 2.83. The number of anilines is 2. The van der Waals surface area contributed by atoms with Gasteiger partial charge in [0.1, 0.15) is 29.1 Å². The lowest BCUT2D eigenvalue weighted by Gasteiger charge is -2.34. The second kappa shape index (κ2) is 10.5. The minimum Gasteiger partial charge on any atom is -0.459 e. The number of carbonyl (C=O) groups excluding carboxylic acids is 1. The summed E-state index contributed by atoms with van der Waals surface area (Å²) in [7, 11) is 0. The van der Waals surface area contributed by atoms with E-state index in [1.54, 1.807) is 0 Å². The van der Waals surface area contributed by atoms with E-state index in [0.29, 0.717) is 17.6 Å². The first-order valence-electron chi connectivity index (χ1n) is 12.9. The molecule has 0 bridgehead atoms. The van der Waals surface area contributed by atoms with E-state index in [1.165, 1.54) is 36.2 Å². The van der Waals surface area contributed by atoms with E-state index < -0.39 is 17.6 Å². The largest absolute Gasteiger partial charge is 0.459 e. The van der Waals surface area contributed by atoms with Gasteiger partial charge >= 0.3 is 5.97 Å². The molecule has 1 aliphatic carbocycles. The van der Waals surface area contributed by atoms with E-state index in [2.05, 4.69) is 27.3 Å². The molecule has 2 aromatic rings. The summed E-state index contributed by atoms with van der Waals surface area (Å²) in [6, 6.07) is 3.79. The number of aryl methyl sites for hydroxylation is 3. The van der Waals surface area contributed by atoms with Crippen molar-refractivity contribution in [2.45, 2.75) is 90.7 Å². The lowest BCUT2D eigenvalue weighted by molar-refractivity contribution is -0.156. The number of nitrogens with zero attached hydrogens (tertiary/aromatic N) is 4. The maximum atomic E-state index is 12.2. The van der Waals surface area contributed by atoms with Crippen LogP contribution in [0.2, 0.25) is 0 Å². The normalized spacial score (nSPS) is 17.6. The van der Waals surface area contributed by atoms with Gasteiger partial charge in [-0.05, 0) is 84.8 Å². The van der Waals surface area contributed by atoms with Gasteiger partial charge < -0.3 is 20.7 Å². The summed E-state index contributed by atoms with van der Waals surface area (Å²) in [6.45, 7) is 11.5. The van der Waals surface area contributed by atoms with Crippen molar-refractivity contribution in [3.63, 3.8) is 0 Å². The van der Waals surface area contributed by atoms with Crippen LogP contribution in [0.1, 0.15) is 80.7 Å². The van der Waals surface area contributed by atoms with Crippen molar-refractivity contribution in [3.8, 4) is 0 Å². The molecule has 3 heterocycles. The Labute approximate surface area is 209 Å². The van der Waals surface area contributed by atoms with Gasteiger partial charge in [0.15, 0.2) is 0 Å². The van der Waals surface area contributed by atoms with Crippen molar-refractivity contribution in [3.05, 3.63) is 40.5 Å². The highest BCUT2D eigenvalue weighted by atomic mass is 16.6. The van der Waals surface area contributed by atoms with Crippen LogP contribution >= 0.6 is 0 Å².